The van der Waals surface area contributed by atoms with Gasteiger partial charge in [-0.2, -0.15) is 9.97 Å². The highest BCUT2D eigenvalue weighted by atomic mass is 15.3. The van der Waals surface area contributed by atoms with E-state index in [9.17, 15) is 0 Å². The van der Waals surface area contributed by atoms with E-state index in [1.54, 1.807) is 0 Å². The molecule has 3 heterocycles. The number of anilines is 2. The van der Waals surface area contributed by atoms with Crippen molar-refractivity contribution < 1.29 is 0 Å². The van der Waals surface area contributed by atoms with E-state index < -0.39 is 0 Å². The Morgan fingerprint density at radius 1 is 1.04 bits per heavy atom. The predicted octanol–water partition coefficient (Wildman–Crippen LogP) is 2.77. The highest BCUT2D eigenvalue weighted by molar-refractivity contribution is 5.84. The van der Waals surface area contributed by atoms with Gasteiger partial charge < -0.3 is 19.7 Å². The lowest BCUT2D eigenvalue weighted by atomic mass is 10.2. The molecule has 0 bridgehead atoms. The fourth-order valence-electron chi connectivity index (χ4n) is 3.34. The summed E-state index contributed by atoms with van der Waals surface area (Å²) >= 11 is 0. The zero-order valence-corrected chi connectivity index (χ0v) is 16.3. The van der Waals surface area contributed by atoms with Crippen LogP contribution in [0.5, 0.6) is 0 Å². The minimum absolute atomic E-state index is 0.298. The molecule has 1 aromatic carbocycles. The van der Waals surface area contributed by atoms with Gasteiger partial charge in [-0.05, 0) is 26.5 Å². The zero-order chi connectivity index (χ0) is 18.8. The van der Waals surface area contributed by atoms with Crippen LogP contribution in [0.25, 0.3) is 11.2 Å². The summed E-state index contributed by atoms with van der Waals surface area (Å²) < 4.78 is 2.12. The fraction of sp³-hybridized carbons (Fsp3) is 0.450. The summed E-state index contributed by atoms with van der Waals surface area (Å²) in [6.07, 6.45) is 1.87. The van der Waals surface area contributed by atoms with Crippen LogP contribution in [0, 0.1) is 0 Å². The van der Waals surface area contributed by atoms with Gasteiger partial charge in [0.2, 0.25) is 5.95 Å². The van der Waals surface area contributed by atoms with Crippen molar-refractivity contribution >= 4 is 22.9 Å². The summed E-state index contributed by atoms with van der Waals surface area (Å²) in [4.78, 5) is 18.9. The first-order chi connectivity index (χ1) is 13.1. The third-order valence-corrected chi connectivity index (χ3v) is 5.05. The molecule has 1 aliphatic rings. The highest BCUT2D eigenvalue weighted by Gasteiger charge is 2.21. The molecule has 1 fully saturated rings. The predicted molar refractivity (Wildman–Crippen MR) is 109 cm³/mol. The Labute approximate surface area is 160 Å². The molecule has 0 radical (unpaired) electrons. The Kier molecular flexibility index (Phi) is 4.94. The molecule has 0 atom stereocenters. The normalized spacial score (nSPS) is 15.6. The molecule has 1 aliphatic heterocycles. The van der Waals surface area contributed by atoms with Crippen LogP contribution >= 0.6 is 0 Å². The second-order valence-corrected chi connectivity index (χ2v) is 7.42. The number of rotatable bonds is 5. The lowest BCUT2D eigenvalue weighted by Gasteiger charge is -2.32. The molecule has 0 amide bonds. The second-order valence-electron chi connectivity index (χ2n) is 7.42. The van der Waals surface area contributed by atoms with E-state index in [0.29, 0.717) is 12.6 Å². The van der Waals surface area contributed by atoms with Crippen molar-refractivity contribution in [3.8, 4) is 0 Å². The number of imidazole rings is 1. The maximum Gasteiger partial charge on any atom is 0.229 e. The quantitative estimate of drug-likeness (QED) is 0.750. The van der Waals surface area contributed by atoms with Crippen molar-refractivity contribution in [1.82, 2.24) is 24.4 Å². The van der Waals surface area contributed by atoms with Crippen LogP contribution in [0.4, 0.5) is 11.8 Å². The SMILES string of the molecule is CC(C)n1cnc2c(NCc3ccccc3)nc(N3CCN(C)CC3)nc21. The van der Waals surface area contributed by atoms with E-state index in [1.165, 1.54) is 5.56 Å². The lowest BCUT2D eigenvalue weighted by molar-refractivity contribution is 0.311. The highest BCUT2D eigenvalue weighted by Crippen LogP contribution is 2.25. The Hall–Kier alpha value is -2.67. The van der Waals surface area contributed by atoms with Gasteiger partial charge >= 0.3 is 0 Å². The van der Waals surface area contributed by atoms with Gasteiger partial charge in [0.15, 0.2) is 17.0 Å². The Morgan fingerprint density at radius 2 is 1.78 bits per heavy atom. The number of nitrogens with one attached hydrogen (secondary N) is 1. The molecular weight excluding hydrogens is 338 g/mol. The third kappa shape index (κ3) is 3.73. The zero-order valence-electron chi connectivity index (χ0n) is 16.3. The van der Waals surface area contributed by atoms with Gasteiger partial charge in [0.25, 0.3) is 0 Å². The number of aromatic nitrogens is 4. The maximum absolute atomic E-state index is 4.88. The summed E-state index contributed by atoms with van der Waals surface area (Å²) in [6.45, 7) is 8.94. The number of likely N-dealkylation sites (N-methyl/N-ethyl adjacent to an activating group) is 1. The second kappa shape index (κ2) is 7.52. The van der Waals surface area contributed by atoms with E-state index in [1.807, 2.05) is 12.4 Å². The molecule has 4 rings (SSSR count). The van der Waals surface area contributed by atoms with Crippen molar-refractivity contribution in [3.05, 3.63) is 42.2 Å². The first-order valence-electron chi connectivity index (χ1n) is 9.57. The first-order valence-corrected chi connectivity index (χ1v) is 9.57. The smallest absolute Gasteiger partial charge is 0.229 e. The monoisotopic (exact) mass is 365 g/mol. The largest absolute Gasteiger partial charge is 0.364 e. The standard InChI is InChI=1S/C20H27N7/c1-15(2)27-14-22-17-18(21-13-16-7-5-4-6-8-16)23-20(24-19(17)27)26-11-9-25(3)10-12-26/h4-8,14-15H,9-13H2,1-3H3,(H,21,23,24). The van der Waals surface area contributed by atoms with Gasteiger partial charge in [-0.1, -0.05) is 30.3 Å². The number of piperazine rings is 1. The van der Waals surface area contributed by atoms with Gasteiger partial charge in [-0.25, -0.2) is 4.98 Å². The molecule has 7 heteroatoms. The van der Waals surface area contributed by atoms with E-state index >= 15 is 0 Å². The topological polar surface area (TPSA) is 62.1 Å². The van der Waals surface area contributed by atoms with E-state index in [-0.39, 0.29) is 0 Å². The molecule has 0 unspecified atom stereocenters. The maximum atomic E-state index is 4.88. The molecule has 142 valence electrons. The molecule has 27 heavy (non-hydrogen) atoms. The van der Waals surface area contributed by atoms with Crippen LogP contribution in [0.2, 0.25) is 0 Å². The van der Waals surface area contributed by atoms with Gasteiger partial charge in [0, 0.05) is 38.8 Å². The average molecular weight is 365 g/mol. The van der Waals surface area contributed by atoms with E-state index in [2.05, 4.69) is 69.8 Å². The van der Waals surface area contributed by atoms with E-state index in [0.717, 1.165) is 49.1 Å². The molecule has 3 aromatic rings. The summed E-state index contributed by atoms with van der Waals surface area (Å²) in [5.41, 5.74) is 2.94. The van der Waals surface area contributed by atoms with Gasteiger partial charge in [0.1, 0.15) is 0 Å². The van der Waals surface area contributed by atoms with Crippen LogP contribution in [0.3, 0.4) is 0 Å². The molecule has 7 nitrogen and oxygen atoms in total. The van der Waals surface area contributed by atoms with Crippen molar-refractivity contribution in [3.63, 3.8) is 0 Å². The summed E-state index contributed by atoms with van der Waals surface area (Å²) in [7, 11) is 2.15. The van der Waals surface area contributed by atoms with Crippen molar-refractivity contribution in [2.45, 2.75) is 26.4 Å². The molecule has 2 aromatic heterocycles. The Bertz CT molecular complexity index is 895. The molecule has 1 N–H and O–H groups in total. The third-order valence-electron chi connectivity index (χ3n) is 5.05. The van der Waals surface area contributed by atoms with Crippen molar-refractivity contribution in [2.75, 3.05) is 43.4 Å². The molecular formula is C20H27N7. The van der Waals surface area contributed by atoms with Crippen LogP contribution in [0.1, 0.15) is 25.5 Å². The molecule has 0 saturated carbocycles. The lowest BCUT2D eigenvalue weighted by Crippen LogP contribution is -2.45. The summed E-state index contributed by atoms with van der Waals surface area (Å²) in [5.74, 6) is 1.59. The summed E-state index contributed by atoms with van der Waals surface area (Å²) in [5, 5.41) is 3.48. The molecule has 1 saturated heterocycles. The summed E-state index contributed by atoms with van der Waals surface area (Å²) in [6, 6.07) is 10.7. The van der Waals surface area contributed by atoms with Gasteiger partial charge in [-0.3, -0.25) is 0 Å². The Balaban J connectivity index is 1.69. The minimum atomic E-state index is 0.298. The van der Waals surface area contributed by atoms with Crippen LogP contribution in [-0.4, -0.2) is 57.6 Å². The number of fused-ring (bicyclic) bond motifs is 1. The molecule has 0 spiro atoms. The average Bonchev–Trinajstić information content (AvgIpc) is 3.12. The Morgan fingerprint density at radius 3 is 2.48 bits per heavy atom. The van der Waals surface area contributed by atoms with Crippen LogP contribution in [-0.2, 0) is 6.54 Å². The minimum Gasteiger partial charge on any atom is -0.364 e. The van der Waals surface area contributed by atoms with Crippen LogP contribution < -0.4 is 10.2 Å². The van der Waals surface area contributed by atoms with Gasteiger partial charge in [0.05, 0.1) is 6.33 Å². The number of nitrogens with zero attached hydrogens (tertiary/aromatic N) is 6. The first kappa shape index (κ1) is 17.7. The van der Waals surface area contributed by atoms with Crippen LogP contribution in [0.15, 0.2) is 36.7 Å². The van der Waals surface area contributed by atoms with Gasteiger partial charge in [-0.15, -0.1) is 0 Å². The molecule has 0 aliphatic carbocycles. The van der Waals surface area contributed by atoms with E-state index in [4.69, 9.17) is 9.97 Å². The van der Waals surface area contributed by atoms with Crippen molar-refractivity contribution in [1.29, 1.82) is 0 Å². The fourth-order valence-corrected chi connectivity index (χ4v) is 3.34. The number of hydrogen-bond donors (Lipinski definition) is 1. The number of benzene rings is 1. The number of hydrogen-bond acceptors (Lipinski definition) is 6. The van der Waals surface area contributed by atoms with Crippen molar-refractivity contribution in [2.24, 2.45) is 0 Å².